The third kappa shape index (κ3) is 3.69. The Labute approximate surface area is 161 Å². The maximum atomic E-state index is 13.0. The SMILES string of the molecule is CC1Oc2ccccc2N(CCC(=O)N2CCCC2C2CCCCC2)C1=O. The largest absolute Gasteiger partial charge is 0.479 e. The molecule has 0 radical (unpaired) electrons. The highest BCUT2D eigenvalue weighted by molar-refractivity contribution is 6.00. The number of anilines is 1. The summed E-state index contributed by atoms with van der Waals surface area (Å²) in [6, 6.07) is 8.00. The zero-order valence-corrected chi connectivity index (χ0v) is 16.2. The highest BCUT2D eigenvalue weighted by atomic mass is 16.5. The number of hydrogen-bond donors (Lipinski definition) is 0. The van der Waals surface area contributed by atoms with E-state index >= 15 is 0 Å². The molecule has 1 saturated carbocycles. The van der Waals surface area contributed by atoms with Gasteiger partial charge in [-0.2, -0.15) is 0 Å². The van der Waals surface area contributed by atoms with Gasteiger partial charge in [0.25, 0.3) is 5.91 Å². The summed E-state index contributed by atoms with van der Waals surface area (Å²) in [6.07, 6.45) is 8.62. The molecule has 2 atom stereocenters. The van der Waals surface area contributed by atoms with Crippen LogP contribution in [0, 0.1) is 5.92 Å². The molecule has 1 saturated heterocycles. The third-order valence-electron chi connectivity index (χ3n) is 6.44. The van der Waals surface area contributed by atoms with Crippen LogP contribution < -0.4 is 9.64 Å². The van der Waals surface area contributed by atoms with Crippen LogP contribution in [0.4, 0.5) is 5.69 Å². The van der Waals surface area contributed by atoms with Gasteiger partial charge in [-0.05, 0) is 50.7 Å². The predicted octanol–water partition coefficient (Wildman–Crippen LogP) is 3.76. The van der Waals surface area contributed by atoms with Crippen molar-refractivity contribution in [1.29, 1.82) is 0 Å². The number of likely N-dealkylation sites (tertiary alicyclic amines) is 1. The number of carbonyl (C=O) groups is 2. The molecular formula is C22H30N2O3. The summed E-state index contributed by atoms with van der Waals surface area (Å²) in [5.74, 6) is 1.54. The van der Waals surface area contributed by atoms with E-state index in [0.717, 1.165) is 30.8 Å². The zero-order valence-electron chi connectivity index (χ0n) is 16.2. The molecule has 5 nitrogen and oxygen atoms in total. The molecule has 146 valence electrons. The topological polar surface area (TPSA) is 49.9 Å². The van der Waals surface area contributed by atoms with Gasteiger partial charge in [-0.1, -0.05) is 31.4 Å². The Morgan fingerprint density at radius 1 is 1.11 bits per heavy atom. The first-order chi connectivity index (χ1) is 13.1. The van der Waals surface area contributed by atoms with E-state index in [0.29, 0.717) is 24.9 Å². The molecule has 1 aromatic carbocycles. The van der Waals surface area contributed by atoms with Gasteiger partial charge in [0.1, 0.15) is 5.75 Å². The molecule has 2 amide bonds. The molecule has 27 heavy (non-hydrogen) atoms. The minimum Gasteiger partial charge on any atom is -0.479 e. The zero-order chi connectivity index (χ0) is 18.8. The maximum absolute atomic E-state index is 13.0. The lowest BCUT2D eigenvalue weighted by Gasteiger charge is -2.35. The van der Waals surface area contributed by atoms with Crippen molar-refractivity contribution < 1.29 is 14.3 Å². The minimum atomic E-state index is -0.503. The molecule has 3 aliphatic rings. The Balaban J connectivity index is 1.42. The summed E-state index contributed by atoms with van der Waals surface area (Å²) in [5, 5.41) is 0. The van der Waals surface area contributed by atoms with Gasteiger partial charge in [-0.15, -0.1) is 0 Å². The highest BCUT2D eigenvalue weighted by Crippen LogP contribution is 2.36. The summed E-state index contributed by atoms with van der Waals surface area (Å²) in [6.45, 7) is 3.08. The van der Waals surface area contributed by atoms with Crippen LogP contribution in [0.15, 0.2) is 24.3 Å². The number of rotatable bonds is 4. The minimum absolute atomic E-state index is 0.0632. The van der Waals surface area contributed by atoms with Gasteiger partial charge < -0.3 is 14.5 Å². The van der Waals surface area contributed by atoms with Gasteiger partial charge in [0.05, 0.1) is 5.69 Å². The molecule has 0 bridgehead atoms. The first-order valence-electron chi connectivity index (χ1n) is 10.5. The summed E-state index contributed by atoms with van der Waals surface area (Å²) < 4.78 is 5.69. The number of hydrogen-bond acceptors (Lipinski definition) is 3. The van der Waals surface area contributed by atoms with Gasteiger partial charge in [0, 0.05) is 25.6 Å². The van der Waals surface area contributed by atoms with E-state index in [4.69, 9.17) is 4.74 Å². The van der Waals surface area contributed by atoms with Crippen molar-refractivity contribution in [1.82, 2.24) is 4.90 Å². The lowest BCUT2D eigenvalue weighted by Crippen LogP contribution is -2.47. The predicted molar refractivity (Wildman–Crippen MR) is 105 cm³/mol. The van der Waals surface area contributed by atoms with Crippen molar-refractivity contribution in [3.63, 3.8) is 0 Å². The molecule has 1 aromatic rings. The van der Waals surface area contributed by atoms with E-state index in [1.807, 2.05) is 24.3 Å². The molecule has 2 aliphatic heterocycles. The first kappa shape index (κ1) is 18.3. The van der Waals surface area contributed by atoms with E-state index < -0.39 is 6.10 Å². The molecule has 5 heteroatoms. The number of nitrogens with zero attached hydrogens (tertiary/aromatic N) is 2. The molecule has 4 rings (SSSR count). The summed E-state index contributed by atoms with van der Waals surface area (Å²) in [4.78, 5) is 29.5. The second kappa shape index (κ2) is 7.91. The normalized spacial score (nSPS) is 26.0. The monoisotopic (exact) mass is 370 g/mol. The number of carbonyl (C=O) groups excluding carboxylic acids is 2. The Morgan fingerprint density at radius 2 is 1.89 bits per heavy atom. The van der Waals surface area contributed by atoms with E-state index in [1.165, 1.54) is 32.1 Å². The summed E-state index contributed by atoms with van der Waals surface area (Å²) in [5.41, 5.74) is 0.777. The van der Waals surface area contributed by atoms with Crippen LogP contribution >= 0.6 is 0 Å². The van der Waals surface area contributed by atoms with Gasteiger partial charge in [0.2, 0.25) is 5.91 Å². The Hall–Kier alpha value is -2.04. The van der Waals surface area contributed by atoms with Crippen LogP contribution in [0.5, 0.6) is 5.75 Å². The Kier molecular flexibility index (Phi) is 5.37. The molecule has 2 fully saturated rings. The van der Waals surface area contributed by atoms with Gasteiger partial charge in [0.15, 0.2) is 6.10 Å². The van der Waals surface area contributed by atoms with Crippen molar-refractivity contribution in [2.24, 2.45) is 5.92 Å². The fourth-order valence-corrected chi connectivity index (χ4v) is 5.05. The standard InChI is InChI=1S/C22H30N2O3/c1-16-22(26)24(19-10-5-6-12-20(19)27-16)15-13-21(25)23-14-7-11-18(23)17-8-3-2-4-9-17/h5-6,10,12,16-18H,2-4,7-9,11,13-15H2,1H3. The highest BCUT2D eigenvalue weighted by Gasteiger charge is 2.36. The maximum Gasteiger partial charge on any atom is 0.267 e. The van der Waals surface area contributed by atoms with Gasteiger partial charge in [-0.3, -0.25) is 9.59 Å². The van der Waals surface area contributed by atoms with E-state index in [2.05, 4.69) is 4.90 Å². The molecule has 0 N–H and O–H groups in total. The van der Waals surface area contributed by atoms with Crippen molar-refractivity contribution in [2.75, 3.05) is 18.0 Å². The van der Waals surface area contributed by atoms with Crippen LogP contribution in [-0.2, 0) is 9.59 Å². The van der Waals surface area contributed by atoms with Crippen LogP contribution in [0.2, 0.25) is 0 Å². The van der Waals surface area contributed by atoms with Crippen molar-refractivity contribution >= 4 is 17.5 Å². The number of para-hydroxylation sites is 2. The summed E-state index contributed by atoms with van der Waals surface area (Å²) >= 11 is 0. The second-order valence-corrected chi connectivity index (χ2v) is 8.16. The summed E-state index contributed by atoms with van der Waals surface area (Å²) in [7, 11) is 0. The average molecular weight is 370 g/mol. The number of benzene rings is 1. The second-order valence-electron chi connectivity index (χ2n) is 8.16. The smallest absolute Gasteiger partial charge is 0.267 e. The first-order valence-corrected chi connectivity index (χ1v) is 10.5. The Morgan fingerprint density at radius 3 is 2.70 bits per heavy atom. The quantitative estimate of drug-likeness (QED) is 0.811. The molecule has 2 unspecified atom stereocenters. The fourth-order valence-electron chi connectivity index (χ4n) is 5.05. The molecule has 2 heterocycles. The number of ether oxygens (including phenoxy) is 1. The van der Waals surface area contributed by atoms with E-state index in [-0.39, 0.29) is 11.8 Å². The van der Waals surface area contributed by atoms with Gasteiger partial charge in [-0.25, -0.2) is 0 Å². The fraction of sp³-hybridized carbons (Fsp3) is 0.636. The van der Waals surface area contributed by atoms with Crippen molar-refractivity contribution in [3.05, 3.63) is 24.3 Å². The van der Waals surface area contributed by atoms with Crippen LogP contribution in [0.25, 0.3) is 0 Å². The number of amides is 2. The van der Waals surface area contributed by atoms with E-state index in [9.17, 15) is 9.59 Å². The van der Waals surface area contributed by atoms with Crippen molar-refractivity contribution in [2.45, 2.75) is 70.4 Å². The lowest BCUT2D eigenvalue weighted by atomic mass is 9.83. The van der Waals surface area contributed by atoms with Crippen LogP contribution in [0.1, 0.15) is 58.3 Å². The molecule has 1 aliphatic carbocycles. The van der Waals surface area contributed by atoms with Crippen LogP contribution in [-0.4, -0.2) is 41.9 Å². The molecule has 0 spiro atoms. The van der Waals surface area contributed by atoms with Crippen LogP contribution in [0.3, 0.4) is 0 Å². The van der Waals surface area contributed by atoms with E-state index in [1.54, 1.807) is 11.8 Å². The lowest BCUT2D eigenvalue weighted by molar-refractivity contribution is -0.133. The van der Waals surface area contributed by atoms with Gasteiger partial charge >= 0.3 is 0 Å². The third-order valence-corrected chi connectivity index (χ3v) is 6.44. The van der Waals surface area contributed by atoms with Crippen molar-refractivity contribution in [3.8, 4) is 5.75 Å². The molecular weight excluding hydrogens is 340 g/mol. The Bertz CT molecular complexity index is 699. The number of fused-ring (bicyclic) bond motifs is 1. The average Bonchev–Trinajstić information content (AvgIpc) is 3.19. The molecule has 0 aromatic heterocycles.